The lowest BCUT2D eigenvalue weighted by Gasteiger charge is -2.20. The zero-order valence-corrected chi connectivity index (χ0v) is 10.4. The summed E-state index contributed by atoms with van der Waals surface area (Å²) in [4.78, 5) is 10.4. The number of aliphatic hydroxyl groups is 1. The molecule has 0 saturated carbocycles. The zero-order valence-electron chi connectivity index (χ0n) is 8.23. The molecule has 0 aliphatic carbocycles. The van der Waals surface area contributed by atoms with Crippen molar-refractivity contribution in [2.45, 2.75) is 12.1 Å². The number of nitrogens with one attached hydrogen (secondary N) is 1. The molecule has 1 aromatic carbocycles. The molecule has 0 aliphatic rings. The lowest BCUT2D eigenvalue weighted by Crippen LogP contribution is -2.40. The van der Waals surface area contributed by atoms with E-state index < -0.39 is 24.9 Å². The molecule has 0 saturated heterocycles. The predicted molar refractivity (Wildman–Crippen MR) is 65.0 cm³/mol. The largest absolute Gasteiger partial charge is 0.465 e. The molecule has 1 amide bonds. The van der Waals surface area contributed by atoms with Gasteiger partial charge in [0.05, 0.1) is 6.04 Å². The Kier molecular flexibility index (Phi) is 4.94. The number of amides is 1. The van der Waals surface area contributed by atoms with Crippen LogP contribution in [0.4, 0.5) is 9.18 Å². The highest BCUT2D eigenvalue weighted by atomic mass is 127. The first-order chi connectivity index (χ1) is 7.54. The second-order valence-electron chi connectivity index (χ2n) is 3.21. The Morgan fingerprint density at radius 1 is 1.44 bits per heavy atom. The molecule has 0 unspecified atom stereocenters. The van der Waals surface area contributed by atoms with Gasteiger partial charge in [-0.15, -0.1) is 0 Å². The third-order valence-electron chi connectivity index (χ3n) is 2.07. The minimum Gasteiger partial charge on any atom is -0.465 e. The number of rotatable bonds is 4. The molecule has 0 aromatic heterocycles. The summed E-state index contributed by atoms with van der Waals surface area (Å²) in [6, 6.07) is 5.65. The Bertz CT molecular complexity index is 358. The highest BCUT2D eigenvalue weighted by Crippen LogP contribution is 2.18. The van der Waals surface area contributed by atoms with Gasteiger partial charge in [-0.25, -0.2) is 9.18 Å². The quantitative estimate of drug-likeness (QED) is 0.735. The maximum absolute atomic E-state index is 12.5. The van der Waals surface area contributed by atoms with Crippen LogP contribution in [0.2, 0.25) is 0 Å². The van der Waals surface area contributed by atoms with Crippen LogP contribution in [0.1, 0.15) is 11.7 Å². The van der Waals surface area contributed by atoms with Gasteiger partial charge in [-0.2, -0.15) is 0 Å². The van der Waals surface area contributed by atoms with Gasteiger partial charge in [-0.1, -0.05) is 12.1 Å². The van der Waals surface area contributed by atoms with Gasteiger partial charge in [0.1, 0.15) is 12.8 Å². The molecule has 0 aliphatic heterocycles. The van der Waals surface area contributed by atoms with Crippen LogP contribution in [0.25, 0.3) is 0 Å². The molecule has 2 atom stereocenters. The minimum atomic E-state index is -1.35. The molecule has 6 heteroatoms. The normalized spacial score (nSPS) is 14.2. The van der Waals surface area contributed by atoms with E-state index in [9.17, 15) is 14.3 Å². The fraction of sp³-hybridized carbons (Fsp3) is 0.300. The summed E-state index contributed by atoms with van der Waals surface area (Å²) in [5.74, 6) is 0. The van der Waals surface area contributed by atoms with Crippen molar-refractivity contribution in [2.75, 3.05) is 6.67 Å². The van der Waals surface area contributed by atoms with Gasteiger partial charge < -0.3 is 15.5 Å². The van der Waals surface area contributed by atoms with Gasteiger partial charge in [0.15, 0.2) is 0 Å². The van der Waals surface area contributed by atoms with Crippen LogP contribution < -0.4 is 5.32 Å². The van der Waals surface area contributed by atoms with Crippen molar-refractivity contribution in [2.24, 2.45) is 0 Å². The average Bonchev–Trinajstić information content (AvgIpc) is 2.25. The SMILES string of the molecule is O=C(O)N[C@H](CF)[C@@H](O)c1ccc(I)cc1. The zero-order chi connectivity index (χ0) is 12.1. The summed E-state index contributed by atoms with van der Waals surface area (Å²) in [5.41, 5.74) is 0.483. The standard InChI is InChI=1S/C10H11FINO3/c11-5-8(13-10(15)16)9(14)6-1-3-7(12)4-2-6/h1-4,8-9,13-14H,5H2,(H,15,16)/t8-,9+/m1/s1. The van der Waals surface area contributed by atoms with Gasteiger partial charge in [0.2, 0.25) is 0 Å². The Morgan fingerprint density at radius 3 is 2.44 bits per heavy atom. The van der Waals surface area contributed by atoms with Crippen LogP contribution in [-0.4, -0.2) is 29.0 Å². The van der Waals surface area contributed by atoms with E-state index in [1.165, 1.54) is 0 Å². The van der Waals surface area contributed by atoms with Gasteiger partial charge >= 0.3 is 6.09 Å². The van der Waals surface area contributed by atoms with Crippen molar-refractivity contribution < 1.29 is 19.4 Å². The van der Waals surface area contributed by atoms with Crippen molar-refractivity contribution in [3.8, 4) is 0 Å². The Labute approximate surface area is 106 Å². The van der Waals surface area contributed by atoms with E-state index in [2.05, 4.69) is 22.6 Å². The first kappa shape index (κ1) is 13.2. The Morgan fingerprint density at radius 2 is 2.00 bits per heavy atom. The van der Waals surface area contributed by atoms with Crippen molar-refractivity contribution in [3.63, 3.8) is 0 Å². The number of hydrogen-bond acceptors (Lipinski definition) is 2. The number of alkyl halides is 1. The summed E-state index contributed by atoms with van der Waals surface area (Å²) in [6.45, 7) is -0.959. The highest BCUT2D eigenvalue weighted by molar-refractivity contribution is 14.1. The maximum atomic E-state index is 12.5. The number of carbonyl (C=O) groups is 1. The maximum Gasteiger partial charge on any atom is 0.405 e. The van der Waals surface area contributed by atoms with Crippen molar-refractivity contribution >= 4 is 28.7 Å². The van der Waals surface area contributed by atoms with E-state index in [4.69, 9.17) is 5.11 Å². The number of carboxylic acid groups (broad SMARTS) is 1. The smallest absolute Gasteiger partial charge is 0.405 e. The molecular formula is C10H11FINO3. The Balaban J connectivity index is 2.78. The van der Waals surface area contributed by atoms with E-state index in [1.807, 2.05) is 5.32 Å². The molecule has 0 radical (unpaired) electrons. The summed E-state index contributed by atoms with van der Waals surface area (Å²) >= 11 is 2.10. The van der Waals surface area contributed by atoms with E-state index in [1.54, 1.807) is 24.3 Å². The summed E-state index contributed by atoms with van der Waals surface area (Å²) < 4.78 is 13.5. The molecule has 3 N–H and O–H groups in total. The van der Waals surface area contributed by atoms with Crippen LogP contribution in [0, 0.1) is 3.57 Å². The number of aliphatic hydroxyl groups excluding tert-OH is 1. The minimum absolute atomic E-state index is 0.483. The number of halogens is 2. The average molecular weight is 339 g/mol. The second-order valence-corrected chi connectivity index (χ2v) is 4.45. The first-order valence-corrected chi connectivity index (χ1v) is 5.61. The van der Waals surface area contributed by atoms with E-state index in [0.29, 0.717) is 5.56 Å². The molecule has 88 valence electrons. The molecular weight excluding hydrogens is 328 g/mol. The predicted octanol–water partition coefficient (Wildman–Crippen LogP) is 1.93. The van der Waals surface area contributed by atoms with E-state index >= 15 is 0 Å². The second kappa shape index (κ2) is 6.00. The molecule has 16 heavy (non-hydrogen) atoms. The van der Waals surface area contributed by atoms with Gasteiger partial charge in [-0.05, 0) is 40.3 Å². The van der Waals surface area contributed by atoms with Gasteiger partial charge in [0.25, 0.3) is 0 Å². The van der Waals surface area contributed by atoms with E-state index in [0.717, 1.165) is 3.57 Å². The molecule has 0 spiro atoms. The highest BCUT2D eigenvalue weighted by Gasteiger charge is 2.22. The molecule has 0 fully saturated rings. The summed E-state index contributed by atoms with van der Waals surface area (Å²) in [7, 11) is 0. The molecule has 1 rings (SSSR count). The fourth-order valence-corrected chi connectivity index (χ4v) is 1.61. The molecule has 4 nitrogen and oxygen atoms in total. The fourth-order valence-electron chi connectivity index (χ4n) is 1.25. The van der Waals surface area contributed by atoms with Gasteiger partial charge in [0, 0.05) is 3.57 Å². The van der Waals surface area contributed by atoms with E-state index in [-0.39, 0.29) is 0 Å². The lowest BCUT2D eigenvalue weighted by atomic mass is 10.0. The van der Waals surface area contributed by atoms with Crippen LogP contribution in [0.15, 0.2) is 24.3 Å². The molecule has 0 heterocycles. The molecule has 1 aromatic rings. The number of hydrogen-bond donors (Lipinski definition) is 3. The van der Waals surface area contributed by atoms with Crippen molar-refractivity contribution in [3.05, 3.63) is 33.4 Å². The van der Waals surface area contributed by atoms with Crippen LogP contribution in [-0.2, 0) is 0 Å². The Hall–Kier alpha value is -0.890. The van der Waals surface area contributed by atoms with Crippen LogP contribution in [0.5, 0.6) is 0 Å². The molecule has 0 bridgehead atoms. The third-order valence-corrected chi connectivity index (χ3v) is 2.79. The van der Waals surface area contributed by atoms with Crippen molar-refractivity contribution in [1.82, 2.24) is 5.32 Å². The monoisotopic (exact) mass is 339 g/mol. The number of benzene rings is 1. The summed E-state index contributed by atoms with van der Waals surface area (Å²) in [6.07, 6.45) is -2.54. The van der Waals surface area contributed by atoms with Crippen molar-refractivity contribution in [1.29, 1.82) is 0 Å². The lowest BCUT2D eigenvalue weighted by molar-refractivity contribution is 0.107. The van der Waals surface area contributed by atoms with Crippen LogP contribution in [0.3, 0.4) is 0 Å². The summed E-state index contributed by atoms with van der Waals surface area (Å²) in [5, 5.41) is 20.1. The first-order valence-electron chi connectivity index (χ1n) is 4.53. The van der Waals surface area contributed by atoms with Gasteiger partial charge in [-0.3, -0.25) is 0 Å². The van der Waals surface area contributed by atoms with Crippen LogP contribution >= 0.6 is 22.6 Å². The third kappa shape index (κ3) is 3.60. The topological polar surface area (TPSA) is 69.6 Å².